The summed E-state index contributed by atoms with van der Waals surface area (Å²) in [6, 6.07) is 10.2. The van der Waals surface area contributed by atoms with Crippen LogP contribution < -0.4 is 5.32 Å². The van der Waals surface area contributed by atoms with E-state index in [-0.39, 0.29) is 0 Å². The third kappa shape index (κ3) is 4.99. The zero-order valence-corrected chi connectivity index (χ0v) is 10.9. The van der Waals surface area contributed by atoms with Gasteiger partial charge in [0.05, 0.1) is 11.6 Å². The predicted molar refractivity (Wildman–Crippen MR) is 70.7 cm³/mol. The second-order valence-corrected chi connectivity index (χ2v) is 4.57. The average molecular weight is 231 g/mol. The Morgan fingerprint density at radius 2 is 1.94 bits per heavy atom. The van der Waals surface area contributed by atoms with E-state index in [4.69, 9.17) is 5.26 Å². The van der Waals surface area contributed by atoms with Gasteiger partial charge in [0.25, 0.3) is 0 Å². The second kappa shape index (κ2) is 7.05. The molecule has 1 atom stereocenters. The average Bonchev–Trinajstić information content (AvgIpc) is 2.34. The maximum Gasteiger partial charge on any atom is 0.0991 e. The summed E-state index contributed by atoms with van der Waals surface area (Å²) in [4.78, 5) is 2.19. The Balaban J connectivity index is 2.36. The van der Waals surface area contributed by atoms with Crippen molar-refractivity contribution >= 4 is 0 Å². The van der Waals surface area contributed by atoms with E-state index in [2.05, 4.69) is 37.3 Å². The summed E-state index contributed by atoms with van der Waals surface area (Å²) in [5, 5.41) is 12.2. The van der Waals surface area contributed by atoms with E-state index >= 15 is 0 Å². The summed E-state index contributed by atoms with van der Waals surface area (Å²) in [7, 11) is 4.17. The minimum atomic E-state index is 0.338. The lowest BCUT2D eigenvalue weighted by Crippen LogP contribution is -2.23. The first-order chi connectivity index (χ1) is 8.13. The van der Waals surface area contributed by atoms with Crippen molar-refractivity contribution in [2.45, 2.75) is 19.4 Å². The third-order valence-electron chi connectivity index (χ3n) is 2.77. The molecule has 17 heavy (non-hydrogen) atoms. The third-order valence-corrected chi connectivity index (χ3v) is 2.77. The molecule has 0 aliphatic heterocycles. The van der Waals surface area contributed by atoms with Crippen LogP contribution in [0.4, 0.5) is 0 Å². The van der Waals surface area contributed by atoms with Gasteiger partial charge in [0.1, 0.15) is 0 Å². The molecule has 0 aliphatic rings. The smallest absolute Gasteiger partial charge is 0.0991 e. The zero-order chi connectivity index (χ0) is 12.7. The molecular weight excluding hydrogens is 210 g/mol. The highest BCUT2D eigenvalue weighted by atomic mass is 15.1. The molecule has 0 radical (unpaired) electrons. The van der Waals surface area contributed by atoms with Gasteiger partial charge in [0.15, 0.2) is 0 Å². The van der Waals surface area contributed by atoms with E-state index in [1.54, 1.807) is 0 Å². The number of benzene rings is 1. The van der Waals surface area contributed by atoms with Crippen LogP contribution >= 0.6 is 0 Å². The van der Waals surface area contributed by atoms with Crippen molar-refractivity contribution in [3.8, 4) is 6.07 Å². The van der Waals surface area contributed by atoms with Gasteiger partial charge in [-0.1, -0.05) is 12.1 Å². The van der Waals surface area contributed by atoms with Crippen LogP contribution in [-0.2, 0) is 0 Å². The van der Waals surface area contributed by atoms with Crippen molar-refractivity contribution in [1.82, 2.24) is 10.2 Å². The molecule has 0 spiro atoms. The Morgan fingerprint density at radius 1 is 1.29 bits per heavy atom. The number of nitriles is 1. The van der Waals surface area contributed by atoms with Gasteiger partial charge in [-0.2, -0.15) is 5.26 Å². The fourth-order valence-corrected chi connectivity index (χ4v) is 1.68. The standard InChI is InChI=1S/C14H21N3/c1-12(16-9-4-10-17(2)3)14-7-5-13(11-15)6-8-14/h5-8,12,16H,4,9-10H2,1-3H3. The van der Waals surface area contributed by atoms with Gasteiger partial charge in [-0.3, -0.25) is 0 Å². The quantitative estimate of drug-likeness (QED) is 0.763. The van der Waals surface area contributed by atoms with Gasteiger partial charge in [-0.25, -0.2) is 0 Å². The highest BCUT2D eigenvalue weighted by Crippen LogP contribution is 2.12. The molecule has 1 N–H and O–H groups in total. The Labute approximate surface area is 104 Å². The molecule has 0 heterocycles. The number of nitrogens with zero attached hydrogens (tertiary/aromatic N) is 2. The lowest BCUT2D eigenvalue weighted by molar-refractivity contribution is 0.389. The molecule has 1 aromatic carbocycles. The molecule has 92 valence electrons. The Morgan fingerprint density at radius 3 is 2.47 bits per heavy atom. The van der Waals surface area contributed by atoms with Crippen LogP contribution in [0.25, 0.3) is 0 Å². The molecule has 0 aliphatic carbocycles. The molecule has 3 heteroatoms. The monoisotopic (exact) mass is 231 g/mol. The van der Waals surface area contributed by atoms with Gasteiger partial charge < -0.3 is 10.2 Å². The van der Waals surface area contributed by atoms with E-state index in [1.165, 1.54) is 5.56 Å². The van der Waals surface area contributed by atoms with E-state index in [0.717, 1.165) is 19.5 Å². The van der Waals surface area contributed by atoms with Gasteiger partial charge >= 0.3 is 0 Å². The van der Waals surface area contributed by atoms with E-state index < -0.39 is 0 Å². The molecule has 1 aromatic rings. The van der Waals surface area contributed by atoms with Crippen molar-refractivity contribution in [3.63, 3.8) is 0 Å². The SMILES string of the molecule is CC(NCCCN(C)C)c1ccc(C#N)cc1. The summed E-state index contributed by atoms with van der Waals surface area (Å²) in [6.45, 7) is 4.27. The predicted octanol–water partition coefficient (Wildman–Crippen LogP) is 2.16. The molecule has 1 rings (SSSR count). The minimum absolute atomic E-state index is 0.338. The van der Waals surface area contributed by atoms with Crippen LogP contribution in [0.1, 0.15) is 30.5 Å². The molecule has 3 nitrogen and oxygen atoms in total. The number of rotatable bonds is 6. The molecule has 0 aromatic heterocycles. The van der Waals surface area contributed by atoms with Crippen molar-refractivity contribution in [1.29, 1.82) is 5.26 Å². The normalized spacial score (nSPS) is 12.4. The lowest BCUT2D eigenvalue weighted by Gasteiger charge is -2.15. The van der Waals surface area contributed by atoms with Gasteiger partial charge in [0.2, 0.25) is 0 Å². The molecule has 1 unspecified atom stereocenters. The molecule has 0 saturated carbocycles. The topological polar surface area (TPSA) is 39.1 Å². The summed E-state index contributed by atoms with van der Waals surface area (Å²) < 4.78 is 0. The molecule has 0 saturated heterocycles. The van der Waals surface area contributed by atoms with E-state index in [0.29, 0.717) is 11.6 Å². The summed E-state index contributed by atoms with van der Waals surface area (Å²) in [5.41, 5.74) is 1.95. The zero-order valence-electron chi connectivity index (χ0n) is 10.9. The van der Waals surface area contributed by atoms with Crippen molar-refractivity contribution < 1.29 is 0 Å². The molecule has 0 fully saturated rings. The van der Waals surface area contributed by atoms with Crippen molar-refractivity contribution in [2.75, 3.05) is 27.2 Å². The fraction of sp³-hybridized carbons (Fsp3) is 0.500. The molecule has 0 amide bonds. The van der Waals surface area contributed by atoms with Crippen LogP contribution in [0, 0.1) is 11.3 Å². The van der Waals surface area contributed by atoms with Crippen LogP contribution in [0.3, 0.4) is 0 Å². The van der Waals surface area contributed by atoms with Crippen LogP contribution in [-0.4, -0.2) is 32.1 Å². The molecular formula is C14H21N3. The Kier molecular flexibility index (Phi) is 5.68. The van der Waals surface area contributed by atoms with Crippen LogP contribution in [0.5, 0.6) is 0 Å². The lowest BCUT2D eigenvalue weighted by atomic mass is 10.1. The highest BCUT2D eigenvalue weighted by Gasteiger charge is 2.04. The first-order valence-corrected chi connectivity index (χ1v) is 6.01. The highest BCUT2D eigenvalue weighted by molar-refractivity contribution is 5.32. The van der Waals surface area contributed by atoms with Crippen molar-refractivity contribution in [3.05, 3.63) is 35.4 Å². The van der Waals surface area contributed by atoms with Gasteiger partial charge in [-0.05, 0) is 58.2 Å². The maximum atomic E-state index is 8.72. The minimum Gasteiger partial charge on any atom is -0.310 e. The first kappa shape index (κ1) is 13.7. The maximum absolute atomic E-state index is 8.72. The van der Waals surface area contributed by atoms with E-state index in [9.17, 15) is 0 Å². The van der Waals surface area contributed by atoms with E-state index in [1.807, 2.05) is 24.3 Å². The van der Waals surface area contributed by atoms with Crippen LogP contribution in [0.2, 0.25) is 0 Å². The summed E-state index contributed by atoms with van der Waals surface area (Å²) >= 11 is 0. The molecule has 0 bridgehead atoms. The summed E-state index contributed by atoms with van der Waals surface area (Å²) in [5.74, 6) is 0. The first-order valence-electron chi connectivity index (χ1n) is 6.01. The Hall–Kier alpha value is -1.37. The summed E-state index contributed by atoms with van der Waals surface area (Å²) in [6.07, 6.45) is 1.15. The fourth-order valence-electron chi connectivity index (χ4n) is 1.68. The second-order valence-electron chi connectivity index (χ2n) is 4.57. The van der Waals surface area contributed by atoms with Gasteiger partial charge in [0, 0.05) is 6.04 Å². The number of hydrogen-bond acceptors (Lipinski definition) is 3. The van der Waals surface area contributed by atoms with Gasteiger partial charge in [-0.15, -0.1) is 0 Å². The number of nitrogens with one attached hydrogen (secondary N) is 1. The Bertz CT molecular complexity index is 362. The van der Waals surface area contributed by atoms with Crippen LogP contribution in [0.15, 0.2) is 24.3 Å². The van der Waals surface area contributed by atoms with Crippen molar-refractivity contribution in [2.24, 2.45) is 0 Å². The number of hydrogen-bond donors (Lipinski definition) is 1. The largest absolute Gasteiger partial charge is 0.310 e.